The highest BCUT2D eigenvalue weighted by Gasteiger charge is 2.30. The topological polar surface area (TPSA) is 12.9 Å². The Kier molecular flexibility index (Phi) is 4.14. The number of hydrogen-bond donors (Lipinski definition) is 0. The Morgan fingerprint density at radius 1 is 1.05 bits per heavy atom. The number of thioether (sulfide) groups is 1. The van der Waals surface area contributed by atoms with Gasteiger partial charge in [-0.3, -0.25) is 0 Å². The molecule has 5 heteroatoms. The lowest BCUT2D eigenvalue weighted by molar-refractivity contribution is -0.137. The van der Waals surface area contributed by atoms with E-state index in [1.807, 2.05) is 25.1 Å². The highest BCUT2D eigenvalue weighted by Crippen LogP contribution is 2.35. The molecule has 1 aromatic heterocycles. The Balaban J connectivity index is 2.10. The number of hydrogen-bond acceptors (Lipinski definition) is 2. The van der Waals surface area contributed by atoms with Gasteiger partial charge >= 0.3 is 6.18 Å². The molecule has 0 radical (unpaired) electrons. The van der Waals surface area contributed by atoms with Crippen molar-refractivity contribution in [1.82, 2.24) is 4.98 Å². The van der Waals surface area contributed by atoms with Crippen molar-refractivity contribution in [2.24, 2.45) is 0 Å². The normalized spacial score (nSPS) is 13.3. The fourth-order valence-electron chi connectivity index (χ4n) is 1.61. The van der Waals surface area contributed by atoms with Crippen molar-refractivity contribution < 1.29 is 13.2 Å². The molecule has 0 bridgehead atoms. The second-order valence-corrected chi connectivity index (χ2v) is 5.41. The van der Waals surface area contributed by atoms with Crippen LogP contribution in [0.1, 0.15) is 23.3 Å². The predicted molar refractivity (Wildman–Crippen MR) is 70.0 cm³/mol. The summed E-state index contributed by atoms with van der Waals surface area (Å²) in [5, 5.41) is 0.909. The average molecular weight is 283 g/mol. The standard InChI is InChI=1S/C14H12F3NS/c1-10(19-13-4-2-3-9-18-13)11-5-7-12(8-6-11)14(15,16)17/h2-10H,1H3. The quantitative estimate of drug-likeness (QED) is 0.739. The zero-order valence-electron chi connectivity index (χ0n) is 10.2. The molecule has 0 spiro atoms. The van der Waals surface area contributed by atoms with Crippen molar-refractivity contribution in [3.63, 3.8) is 0 Å². The molecule has 0 aliphatic carbocycles. The van der Waals surface area contributed by atoms with E-state index >= 15 is 0 Å². The van der Waals surface area contributed by atoms with Gasteiger partial charge in [-0.25, -0.2) is 4.98 Å². The lowest BCUT2D eigenvalue weighted by Gasteiger charge is -2.12. The number of rotatable bonds is 3. The molecule has 1 aromatic carbocycles. The van der Waals surface area contributed by atoms with Crippen LogP contribution in [-0.2, 0) is 6.18 Å². The molecule has 1 nitrogen and oxygen atoms in total. The molecule has 19 heavy (non-hydrogen) atoms. The van der Waals surface area contributed by atoms with E-state index in [0.717, 1.165) is 22.7 Å². The smallest absolute Gasteiger partial charge is 0.250 e. The van der Waals surface area contributed by atoms with Crippen molar-refractivity contribution in [3.8, 4) is 0 Å². The summed E-state index contributed by atoms with van der Waals surface area (Å²) >= 11 is 1.52. The molecule has 2 aromatic rings. The molecule has 100 valence electrons. The maximum Gasteiger partial charge on any atom is 0.416 e. The molecular weight excluding hydrogens is 271 g/mol. The summed E-state index contributed by atoms with van der Waals surface area (Å²) in [7, 11) is 0. The zero-order valence-corrected chi connectivity index (χ0v) is 11.0. The van der Waals surface area contributed by atoms with Crippen LogP contribution < -0.4 is 0 Å². The van der Waals surface area contributed by atoms with Gasteiger partial charge < -0.3 is 0 Å². The van der Waals surface area contributed by atoms with Gasteiger partial charge in [-0.2, -0.15) is 13.2 Å². The molecule has 0 saturated heterocycles. The van der Waals surface area contributed by atoms with Crippen molar-refractivity contribution in [2.75, 3.05) is 0 Å². The largest absolute Gasteiger partial charge is 0.416 e. The summed E-state index contributed by atoms with van der Waals surface area (Å²) in [6.07, 6.45) is -2.59. The molecule has 0 N–H and O–H groups in total. The molecule has 1 unspecified atom stereocenters. The van der Waals surface area contributed by atoms with Crippen molar-refractivity contribution in [2.45, 2.75) is 23.4 Å². The van der Waals surface area contributed by atoms with Gasteiger partial charge in [0.15, 0.2) is 0 Å². The Morgan fingerprint density at radius 3 is 2.26 bits per heavy atom. The fraction of sp³-hybridized carbons (Fsp3) is 0.214. The van der Waals surface area contributed by atoms with Crippen LogP contribution in [0.15, 0.2) is 53.7 Å². The maximum atomic E-state index is 12.5. The number of pyridine rings is 1. The van der Waals surface area contributed by atoms with Gasteiger partial charge in [0.2, 0.25) is 0 Å². The van der Waals surface area contributed by atoms with Crippen LogP contribution in [-0.4, -0.2) is 4.98 Å². The van der Waals surface area contributed by atoms with Crippen LogP contribution in [0.3, 0.4) is 0 Å². The highest BCUT2D eigenvalue weighted by molar-refractivity contribution is 7.99. The van der Waals surface area contributed by atoms with Crippen molar-refractivity contribution in [1.29, 1.82) is 0 Å². The summed E-state index contributed by atoms with van der Waals surface area (Å²) in [6.45, 7) is 1.95. The SMILES string of the molecule is CC(Sc1ccccn1)c1ccc(C(F)(F)F)cc1. The van der Waals surface area contributed by atoms with Gasteiger partial charge in [-0.1, -0.05) is 30.0 Å². The summed E-state index contributed by atoms with van der Waals surface area (Å²) < 4.78 is 37.4. The van der Waals surface area contributed by atoms with E-state index < -0.39 is 11.7 Å². The average Bonchev–Trinajstić information content (AvgIpc) is 2.39. The Labute approximate surface area is 113 Å². The molecular formula is C14H12F3NS. The fourth-order valence-corrected chi connectivity index (χ4v) is 2.54. The Hall–Kier alpha value is -1.49. The van der Waals surface area contributed by atoms with E-state index in [1.54, 1.807) is 6.20 Å². The first-order chi connectivity index (χ1) is 8.97. The van der Waals surface area contributed by atoms with Crippen LogP contribution in [0.2, 0.25) is 0 Å². The van der Waals surface area contributed by atoms with E-state index in [0.29, 0.717) is 0 Å². The Morgan fingerprint density at radius 2 is 1.74 bits per heavy atom. The summed E-state index contributed by atoms with van der Waals surface area (Å²) in [6, 6.07) is 10.9. The number of halogens is 3. The van der Waals surface area contributed by atoms with E-state index in [-0.39, 0.29) is 5.25 Å². The van der Waals surface area contributed by atoms with Gasteiger partial charge in [0.05, 0.1) is 10.6 Å². The molecule has 0 amide bonds. The third kappa shape index (κ3) is 3.73. The molecule has 0 aliphatic rings. The predicted octanol–water partition coefficient (Wildman–Crippen LogP) is 4.95. The minimum absolute atomic E-state index is 0.0529. The van der Waals surface area contributed by atoms with Crippen LogP contribution >= 0.6 is 11.8 Å². The van der Waals surface area contributed by atoms with Gasteiger partial charge in [0.25, 0.3) is 0 Å². The monoisotopic (exact) mass is 283 g/mol. The van der Waals surface area contributed by atoms with Crippen molar-refractivity contribution >= 4 is 11.8 Å². The second-order valence-electron chi connectivity index (χ2n) is 4.05. The number of alkyl halides is 3. The third-order valence-electron chi connectivity index (χ3n) is 2.64. The first-order valence-electron chi connectivity index (χ1n) is 5.71. The molecule has 1 heterocycles. The summed E-state index contributed by atoms with van der Waals surface area (Å²) in [4.78, 5) is 4.18. The second kappa shape index (κ2) is 5.65. The van der Waals surface area contributed by atoms with Crippen molar-refractivity contribution in [3.05, 3.63) is 59.8 Å². The number of nitrogens with zero attached hydrogens (tertiary/aromatic N) is 1. The summed E-state index contributed by atoms with van der Waals surface area (Å²) in [5.41, 5.74) is 0.231. The molecule has 1 atom stereocenters. The number of aromatic nitrogens is 1. The minimum Gasteiger partial charge on any atom is -0.250 e. The minimum atomic E-state index is -4.28. The first-order valence-corrected chi connectivity index (χ1v) is 6.59. The zero-order chi connectivity index (χ0) is 13.9. The van der Waals surface area contributed by atoms with E-state index in [2.05, 4.69) is 4.98 Å². The van der Waals surface area contributed by atoms with Gasteiger partial charge in [0, 0.05) is 11.4 Å². The lowest BCUT2D eigenvalue weighted by atomic mass is 10.1. The summed E-state index contributed by atoms with van der Waals surface area (Å²) in [5.74, 6) is 0. The first kappa shape index (κ1) is 13.9. The van der Waals surface area contributed by atoms with Crippen LogP contribution in [0, 0.1) is 0 Å². The maximum absolute atomic E-state index is 12.5. The van der Waals surface area contributed by atoms with Gasteiger partial charge in [-0.05, 0) is 36.8 Å². The van der Waals surface area contributed by atoms with Crippen LogP contribution in [0.5, 0.6) is 0 Å². The lowest BCUT2D eigenvalue weighted by Crippen LogP contribution is -2.04. The van der Waals surface area contributed by atoms with E-state index in [4.69, 9.17) is 0 Å². The van der Waals surface area contributed by atoms with Crippen LogP contribution in [0.4, 0.5) is 13.2 Å². The molecule has 0 fully saturated rings. The third-order valence-corrected chi connectivity index (χ3v) is 3.75. The van der Waals surface area contributed by atoms with Crippen LogP contribution in [0.25, 0.3) is 0 Å². The van der Waals surface area contributed by atoms with Gasteiger partial charge in [0.1, 0.15) is 0 Å². The van der Waals surface area contributed by atoms with Gasteiger partial charge in [-0.15, -0.1) is 0 Å². The molecule has 2 rings (SSSR count). The molecule has 0 aliphatic heterocycles. The molecule has 0 saturated carbocycles. The number of benzene rings is 1. The van der Waals surface area contributed by atoms with E-state index in [9.17, 15) is 13.2 Å². The highest BCUT2D eigenvalue weighted by atomic mass is 32.2. The van der Waals surface area contributed by atoms with E-state index in [1.165, 1.54) is 23.9 Å². The Bertz CT molecular complexity index is 523.